The van der Waals surface area contributed by atoms with Crippen LogP contribution in [0.2, 0.25) is 0 Å². The third-order valence-electron chi connectivity index (χ3n) is 9.32. The molecule has 2 saturated heterocycles. The summed E-state index contributed by atoms with van der Waals surface area (Å²) in [6.07, 6.45) is 10.3. The van der Waals surface area contributed by atoms with Crippen molar-refractivity contribution in [1.82, 2.24) is 25.2 Å². The monoisotopic (exact) mass is 670 g/mol. The van der Waals surface area contributed by atoms with Gasteiger partial charge in [0.1, 0.15) is 28.6 Å². The van der Waals surface area contributed by atoms with Gasteiger partial charge in [-0.2, -0.15) is 9.97 Å². The largest absolute Gasteiger partial charge is 0.508 e. The van der Waals surface area contributed by atoms with Gasteiger partial charge < -0.3 is 29.5 Å². The zero-order valence-electron chi connectivity index (χ0n) is 26.9. The summed E-state index contributed by atoms with van der Waals surface area (Å²) < 4.78 is 49.3. The quantitative estimate of drug-likeness (QED) is 0.201. The van der Waals surface area contributed by atoms with Crippen molar-refractivity contribution in [2.45, 2.75) is 18.9 Å². The second-order valence-corrected chi connectivity index (χ2v) is 12.8. The van der Waals surface area contributed by atoms with E-state index < -0.39 is 17.7 Å². The fourth-order valence-electron chi connectivity index (χ4n) is 6.59. The Balaban J connectivity index is 1.32. The number of amides is 1. The number of carbonyl (C=O) groups excluding carboxylic acids is 1. The number of morpholine rings is 1. The van der Waals surface area contributed by atoms with Crippen molar-refractivity contribution in [3.8, 4) is 35.4 Å². The highest BCUT2D eigenvalue weighted by atomic mass is 19.1. The Morgan fingerprint density at radius 3 is 2.73 bits per heavy atom. The van der Waals surface area contributed by atoms with Gasteiger partial charge in [0.05, 0.1) is 50.0 Å². The van der Waals surface area contributed by atoms with Gasteiger partial charge in [0.2, 0.25) is 5.91 Å². The first-order chi connectivity index (χ1) is 23.8. The molecule has 2 aromatic carbocycles. The number of aromatic hydroxyl groups is 1. The summed E-state index contributed by atoms with van der Waals surface area (Å²) in [6, 6.07) is 4.99. The Labute approximate surface area is 281 Å². The van der Waals surface area contributed by atoms with Crippen LogP contribution >= 0.6 is 0 Å². The standard InChI is InChI=1S/C36H36F2N6O5/c1-3-25-28(37)6-5-22-15-24(45)16-26(30(22)25)32-31(38)33-27(17-39-32)34(44-11-14-48-19-23(18-44)40-29(46)4-2)42-35(41-33)49-21-36(7-8-36)20-43-9-12-47-13-10-43/h1,4-6,15-17,23,45H,2,7-14,18-21H2,(H,40,46)/t23-/m1/s1. The number of aromatic nitrogens is 3. The van der Waals surface area contributed by atoms with Crippen LogP contribution < -0.4 is 15.0 Å². The molecule has 3 fully saturated rings. The van der Waals surface area contributed by atoms with Gasteiger partial charge >= 0.3 is 6.01 Å². The van der Waals surface area contributed by atoms with Crippen LogP contribution in [0.1, 0.15) is 18.4 Å². The number of rotatable bonds is 9. The Kier molecular flexibility index (Phi) is 9.02. The molecule has 49 heavy (non-hydrogen) atoms. The van der Waals surface area contributed by atoms with E-state index in [4.69, 9.17) is 25.6 Å². The number of carbonyl (C=O) groups is 1. The first kappa shape index (κ1) is 32.6. The van der Waals surface area contributed by atoms with Crippen molar-refractivity contribution < 1.29 is 32.9 Å². The molecule has 11 nitrogen and oxygen atoms in total. The Hall–Kier alpha value is -4.90. The third kappa shape index (κ3) is 6.72. The molecule has 3 aliphatic rings. The van der Waals surface area contributed by atoms with Crippen LogP contribution in [0.15, 0.2) is 43.1 Å². The minimum Gasteiger partial charge on any atom is -0.508 e. The number of fused-ring (bicyclic) bond motifs is 2. The molecule has 4 aromatic rings. The summed E-state index contributed by atoms with van der Waals surface area (Å²) in [7, 11) is 0. The predicted octanol–water partition coefficient (Wildman–Crippen LogP) is 3.81. The lowest BCUT2D eigenvalue weighted by Crippen LogP contribution is -2.44. The fourth-order valence-corrected chi connectivity index (χ4v) is 6.59. The molecule has 254 valence electrons. The highest BCUT2D eigenvalue weighted by Gasteiger charge is 2.45. The molecule has 7 rings (SSSR count). The maximum absolute atomic E-state index is 16.9. The molecule has 2 aromatic heterocycles. The molecule has 2 aliphatic heterocycles. The van der Waals surface area contributed by atoms with Gasteiger partial charge in [0.15, 0.2) is 5.82 Å². The smallest absolute Gasteiger partial charge is 0.319 e. The predicted molar refractivity (Wildman–Crippen MR) is 179 cm³/mol. The molecule has 0 radical (unpaired) electrons. The van der Waals surface area contributed by atoms with Crippen LogP contribution in [-0.4, -0.2) is 103 Å². The van der Waals surface area contributed by atoms with Crippen LogP contribution in [0.5, 0.6) is 11.8 Å². The SMILES string of the molecule is C#Cc1c(F)ccc2cc(O)cc(-c3ncc4c(N5CCOC[C@H](NC(=O)C=C)C5)nc(OCC5(CN6CCOCC6)CC5)nc4c3F)c12. The molecule has 4 heterocycles. The lowest BCUT2D eigenvalue weighted by atomic mass is 9.96. The number of terminal acetylenes is 1. The van der Waals surface area contributed by atoms with Gasteiger partial charge in [-0.1, -0.05) is 18.6 Å². The second kappa shape index (κ2) is 13.5. The number of anilines is 1. The number of pyridine rings is 1. The normalized spacial score (nSPS) is 19.3. The molecule has 1 saturated carbocycles. The number of nitrogens with one attached hydrogen (secondary N) is 1. The van der Waals surface area contributed by atoms with E-state index >= 15 is 4.39 Å². The molecule has 2 N–H and O–H groups in total. The number of phenols is 1. The first-order valence-corrected chi connectivity index (χ1v) is 16.2. The van der Waals surface area contributed by atoms with Gasteiger partial charge in [-0.25, -0.2) is 8.78 Å². The zero-order valence-corrected chi connectivity index (χ0v) is 26.9. The van der Waals surface area contributed by atoms with E-state index in [-0.39, 0.29) is 57.4 Å². The van der Waals surface area contributed by atoms with Crippen molar-refractivity contribution in [1.29, 1.82) is 0 Å². The number of ether oxygens (including phenoxy) is 3. The number of halogens is 2. The summed E-state index contributed by atoms with van der Waals surface area (Å²) in [6.45, 7) is 9.12. The summed E-state index contributed by atoms with van der Waals surface area (Å²) in [5.74, 6) is 0.729. The van der Waals surface area contributed by atoms with Crippen LogP contribution in [0.3, 0.4) is 0 Å². The number of nitrogens with zero attached hydrogens (tertiary/aromatic N) is 5. The van der Waals surface area contributed by atoms with E-state index in [0.29, 0.717) is 56.1 Å². The van der Waals surface area contributed by atoms with Crippen LogP contribution in [-0.2, 0) is 14.3 Å². The van der Waals surface area contributed by atoms with E-state index in [1.807, 2.05) is 4.90 Å². The molecule has 1 amide bonds. The number of hydrogen-bond acceptors (Lipinski definition) is 10. The van der Waals surface area contributed by atoms with E-state index in [1.54, 1.807) is 0 Å². The second-order valence-electron chi connectivity index (χ2n) is 12.8. The van der Waals surface area contributed by atoms with Gasteiger partial charge in [0.25, 0.3) is 0 Å². The van der Waals surface area contributed by atoms with Crippen LogP contribution in [0.25, 0.3) is 32.9 Å². The summed E-state index contributed by atoms with van der Waals surface area (Å²) >= 11 is 0. The fraction of sp³-hybridized carbons (Fsp3) is 0.389. The average molecular weight is 671 g/mol. The maximum Gasteiger partial charge on any atom is 0.319 e. The van der Waals surface area contributed by atoms with E-state index in [2.05, 4.69) is 32.7 Å². The van der Waals surface area contributed by atoms with Crippen molar-refractivity contribution in [2.24, 2.45) is 5.41 Å². The minimum absolute atomic E-state index is 0.0141. The highest BCUT2D eigenvalue weighted by molar-refractivity contribution is 6.03. The molecule has 1 aliphatic carbocycles. The molecule has 1 atom stereocenters. The Morgan fingerprint density at radius 1 is 1.18 bits per heavy atom. The minimum atomic E-state index is -0.817. The molecular weight excluding hydrogens is 634 g/mol. The van der Waals surface area contributed by atoms with Gasteiger partial charge in [-0.3, -0.25) is 14.7 Å². The van der Waals surface area contributed by atoms with Gasteiger partial charge in [-0.15, -0.1) is 6.42 Å². The van der Waals surface area contributed by atoms with E-state index in [1.165, 1.54) is 36.5 Å². The van der Waals surface area contributed by atoms with Crippen molar-refractivity contribution >= 4 is 33.4 Å². The maximum atomic E-state index is 16.9. The Morgan fingerprint density at radius 2 is 1.98 bits per heavy atom. The van der Waals surface area contributed by atoms with Crippen molar-refractivity contribution in [2.75, 3.05) is 70.7 Å². The van der Waals surface area contributed by atoms with E-state index in [9.17, 15) is 14.3 Å². The summed E-state index contributed by atoms with van der Waals surface area (Å²) in [4.78, 5) is 30.2. The topological polar surface area (TPSA) is 122 Å². The van der Waals surface area contributed by atoms with Crippen LogP contribution in [0, 0.1) is 29.4 Å². The molecular formula is C36H36F2N6O5. The molecule has 13 heteroatoms. The molecule has 0 bridgehead atoms. The number of phenolic OH excluding ortho intramolecular Hbond substituents is 1. The van der Waals surface area contributed by atoms with Crippen molar-refractivity contribution in [3.63, 3.8) is 0 Å². The Bertz CT molecular complexity index is 1970. The van der Waals surface area contributed by atoms with E-state index in [0.717, 1.165) is 32.5 Å². The lowest BCUT2D eigenvalue weighted by molar-refractivity contribution is -0.117. The highest BCUT2D eigenvalue weighted by Crippen LogP contribution is 2.47. The first-order valence-electron chi connectivity index (χ1n) is 16.2. The molecule has 0 unspecified atom stereocenters. The molecule has 0 spiro atoms. The van der Waals surface area contributed by atoms with Gasteiger partial charge in [-0.05, 0) is 42.5 Å². The van der Waals surface area contributed by atoms with Crippen LogP contribution in [0.4, 0.5) is 14.6 Å². The summed E-state index contributed by atoms with van der Waals surface area (Å²) in [5, 5.41) is 14.4. The zero-order chi connectivity index (χ0) is 34.1. The average Bonchev–Trinajstić information content (AvgIpc) is 3.91. The van der Waals surface area contributed by atoms with Crippen molar-refractivity contribution in [3.05, 3.63) is 60.3 Å². The number of benzene rings is 2. The lowest BCUT2D eigenvalue weighted by Gasteiger charge is -2.30. The third-order valence-corrected chi connectivity index (χ3v) is 9.32. The number of hydrogen-bond donors (Lipinski definition) is 2. The summed E-state index contributed by atoms with van der Waals surface area (Å²) in [5.41, 5.74) is -0.275. The van der Waals surface area contributed by atoms with Gasteiger partial charge in [0, 0.05) is 55.3 Å².